The number of carbonyl (C=O) groups excluding carboxylic acids is 2. The van der Waals surface area contributed by atoms with Gasteiger partial charge in [0.05, 0.1) is 19.1 Å². The van der Waals surface area contributed by atoms with Gasteiger partial charge in [-0.25, -0.2) is 10.3 Å². The molecule has 0 heterocycles. The molecule has 5 N–H and O–H groups in total. The highest BCUT2D eigenvalue weighted by Crippen LogP contribution is 2.08. The summed E-state index contributed by atoms with van der Waals surface area (Å²) in [6, 6.07) is 9.12. The van der Waals surface area contributed by atoms with E-state index in [2.05, 4.69) is 22.7 Å². The lowest BCUT2D eigenvalue weighted by Gasteiger charge is -2.17. The van der Waals surface area contributed by atoms with Gasteiger partial charge in [-0.05, 0) is 18.4 Å². The molecule has 0 saturated heterocycles. The summed E-state index contributed by atoms with van der Waals surface area (Å²) in [4.78, 5) is 23.3. The standard InChI is InChI=1S/C20H31N5O3/c1-2-3-4-8-13-28-20(27)24-17(14-19(21)26)18(25-22)15-23-12-11-16-9-6-5-7-10-16/h5-7,9-10,15,17,22-23H,2-4,8,11-14H2,1H3,(H2,21,26)(H,24,27)/b18-15-,25-22?/t17-/m1/s1. The summed E-state index contributed by atoms with van der Waals surface area (Å²) in [7, 11) is 0. The molecule has 8 heteroatoms. The molecule has 0 aliphatic carbocycles. The van der Waals surface area contributed by atoms with Crippen molar-refractivity contribution < 1.29 is 14.3 Å². The van der Waals surface area contributed by atoms with Gasteiger partial charge in [0.1, 0.15) is 5.70 Å². The van der Waals surface area contributed by atoms with E-state index in [0.717, 1.165) is 32.1 Å². The predicted molar refractivity (Wildman–Crippen MR) is 108 cm³/mol. The summed E-state index contributed by atoms with van der Waals surface area (Å²) in [5.41, 5.74) is 14.0. The third kappa shape index (κ3) is 10.3. The van der Waals surface area contributed by atoms with Gasteiger partial charge in [-0.3, -0.25) is 4.79 Å². The number of nitrogens with two attached hydrogens (primary N) is 1. The third-order valence-corrected chi connectivity index (χ3v) is 4.07. The third-order valence-electron chi connectivity index (χ3n) is 4.07. The van der Waals surface area contributed by atoms with Gasteiger partial charge in [0, 0.05) is 12.7 Å². The minimum absolute atomic E-state index is 0.167. The Kier molecular flexibility index (Phi) is 11.7. The van der Waals surface area contributed by atoms with Gasteiger partial charge >= 0.3 is 6.09 Å². The monoisotopic (exact) mass is 389 g/mol. The number of hydrogen-bond donors (Lipinski definition) is 4. The van der Waals surface area contributed by atoms with Crippen molar-refractivity contribution in [2.24, 2.45) is 10.8 Å². The van der Waals surface area contributed by atoms with Crippen LogP contribution in [0.1, 0.15) is 44.6 Å². The Hall–Kier alpha value is -2.90. The molecule has 0 radical (unpaired) electrons. The van der Waals surface area contributed by atoms with Gasteiger partial charge in [0.25, 0.3) is 0 Å². The molecule has 0 spiro atoms. The highest BCUT2D eigenvalue weighted by molar-refractivity contribution is 5.76. The second-order valence-corrected chi connectivity index (χ2v) is 6.43. The molecule has 28 heavy (non-hydrogen) atoms. The van der Waals surface area contributed by atoms with Crippen molar-refractivity contribution in [3.63, 3.8) is 0 Å². The van der Waals surface area contributed by atoms with Crippen LogP contribution in [0.15, 0.2) is 47.3 Å². The fourth-order valence-corrected chi connectivity index (χ4v) is 2.56. The molecule has 8 nitrogen and oxygen atoms in total. The molecule has 0 saturated carbocycles. The maximum Gasteiger partial charge on any atom is 0.407 e. The zero-order valence-electron chi connectivity index (χ0n) is 16.4. The summed E-state index contributed by atoms with van der Waals surface area (Å²) in [6.45, 7) is 3.03. The molecule has 0 aliphatic rings. The lowest BCUT2D eigenvalue weighted by atomic mass is 10.1. The molecule has 1 aromatic rings. The maximum absolute atomic E-state index is 12.0. The van der Waals surface area contributed by atoms with Crippen LogP contribution in [0.3, 0.4) is 0 Å². The van der Waals surface area contributed by atoms with Crippen LogP contribution < -0.4 is 16.4 Å². The van der Waals surface area contributed by atoms with Crippen molar-refractivity contribution in [2.75, 3.05) is 13.2 Å². The van der Waals surface area contributed by atoms with Crippen LogP contribution >= 0.6 is 0 Å². The minimum atomic E-state index is -0.817. The van der Waals surface area contributed by atoms with Crippen LogP contribution in [0.4, 0.5) is 4.79 Å². The highest BCUT2D eigenvalue weighted by Gasteiger charge is 2.20. The lowest BCUT2D eigenvalue weighted by Crippen LogP contribution is -2.39. The van der Waals surface area contributed by atoms with E-state index in [1.807, 2.05) is 30.3 Å². The first-order chi connectivity index (χ1) is 13.6. The number of nitrogens with one attached hydrogen (secondary N) is 3. The number of carbonyl (C=O) groups is 2. The Balaban J connectivity index is 2.54. The normalized spacial score (nSPS) is 12.1. The van der Waals surface area contributed by atoms with Gasteiger partial charge in [-0.1, -0.05) is 56.5 Å². The van der Waals surface area contributed by atoms with E-state index >= 15 is 0 Å². The van der Waals surface area contributed by atoms with E-state index < -0.39 is 18.0 Å². The molecule has 0 aromatic heterocycles. The molecule has 0 bridgehead atoms. The maximum atomic E-state index is 12.0. The number of amides is 2. The summed E-state index contributed by atoms with van der Waals surface area (Å²) in [5, 5.41) is 9.05. The number of nitrogens with zero attached hydrogens (tertiary/aromatic N) is 1. The number of hydrogen-bond acceptors (Lipinski definition) is 6. The molecule has 2 amide bonds. The molecular formula is C20H31N5O3. The Morgan fingerprint density at radius 1 is 1.25 bits per heavy atom. The van der Waals surface area contributed by atoms with E-state index in [4.69, 9.17) is 16.0 Å². The van der Waals surface area contributed by atoms with Gasteiger partial charge in [0.2, 0.25) is 5.91 Å². The number of rotatable bonds is 14. The van der Waals surface area contributed by atoms with Crippen molar-refractivity contribution in [1.29, 1.82) is 5.53 Å². The quantitative estimate of drug-likeness (QED) is 0.287. The smallest absolute Gasteiger partial charge is 0.407 e. The fraction of sp³-hybridized carbons (Fsp3) is 0.500. The van der Waals surface area contributed by atoms with Crippen molar-refractivity contribution in [3.8, 4) is 0 Å². The number of ether oxygens (including phenoxy) is 1. The zero-order valence-corrected chi connectivity index (χ0v) is 16.4. The Morgan fingerprint density at radius 3 is 2.64 bits per heavy atom. The van der Waals surface area contributed by atoms with Crippen molar-refractivity contribution in [3.05, 3.63) is 47.8 Å². The van der Waals surface area contributed by atoms with E-state index in [1.54, 1.807) is 0 Å². The van der Waals surface area contributed by atoms with Crippen molar-refractivity contribution >= 4 is 12.0 Å². The summed E-state index contributed by atoms with van der Waals surface area (Å²) in [5.74, 6) is -0.605. The molecule has 154 valence electrons. The molecule has 1 atom stereocenters. The van der Waals surface area contributed by atoms with Crippen LogP contribution in [0.2, 0.25) is 0 Å². The van der Waals surface area contributed by atoms with Gasteiger partial charge < -0.3 is 21.1 Å². The van der Waals surface area contributed by atoms with Crippen LogP contribution in [0.25, 0.3) is 0 Å². The molecule has 0 unspecified atom stereocenters. The van der Waals surface area contributed by atoms with Gasteiger partial charge in [-0.15, -0.1) is 0 Å². The van der Waals surface area contributed by atoms with Crippen LogP contribution in [0, 0.1) is 5.53 Å². The molecule has 1 rings (SSSR count). The molecule has 0 fully saturated rings. The SMILES string of the molecule is CCCCCCOC(=O)N[C@H](CC(N)=O)/C(=C/NCCc1ccccc1)N=N. The topological polar surface area (TPSA) is 130 Å². The number of unbranched alkanes of at least 4 members (excludes halogenated alkanes) is 3. The Bertz CT molecular complexity index is 634. The summed E-state index contributed by atoms with van der Waals surface area (Å²) >= 11 is 0. The number of benzene rings is 1. The van der Waals surface area contributed by atoms with Crippen LogP contribution in [0.5, 0.6) is 0 Å². The largest absolute Gasteiger partial charge is 0.450 e. The van der Waals surface area contributed by atoms with Gasteiger partial charge in [-0.2, -0.15) is 5.11 Å². The average Bonchev–Trinajstić information content (AvgIpc) is 2.68. The molecular weight excluding hydrogens is 358 g/mol. The Labute approximate surface area is 166 Å². The van der Waals surface area contributed by atoms with E-state index in [-0.39, 0.29) is 12.1 Å². The first-order valence-corrected chi connectivity index (χ1v) is 9.63. The summed E-state index contributed by atoms with van der Waals surface area (Å²) < 4.78 is 5.13. The van der Waals surface area contributed by atoms with E-state index in [1.165, 1.54) is 11.8 Å². The number of primary amides is 1. The molecule has 0 aliphatic heterocycles. The summed E-state index contributed by atoms with van der Waals surface area (Å²) in [6.07, 6.45) is 5.46. The fourth-order valence-electron chi connectivity index (χ4n) is 2.56. The first-order valence-electron chi connectivity index (χ1n) is 9.63. The van der Waals surface area contributed by atoms with E-state index in [9.17, 15) is 9.59 Å². The second kappa shape index (κ2) is 14.2. The first kappa shape index (κ1) is 23.1. The number of alkyl carbamates (subject to hydrolysis) is 1. The van der Waals surface area contributed by atoms with Crippen LogP contribution in [-0.2, 0) is 16.0 Å². The lowest BCUT2D eigenvalue weighted by molar-refractivity contribution is -0.118. The zero-order chi connectivity index (χ0) is 20.6. The van der Waals surface area contributed by atoms with Gasteiger partial charge in [0.15, 0.2) is 0 Å². The van der Waals surface area contributed by atoms with Crippen molar-refractivity contribution in [1.82, 2.24) is 10.6 Å². The predicted octanol–water partition coefficient (Wildman–Crippen LogP) is 3.24. The Morgan fingerprint density at radius 2 is 2.00 bits per heavy atom. The second-order valence-electron chi connectivity index (χ2n) is 6.43. The van der Waals surface area contributed by atoms with E-state index in [0.29, 0.717) is 13.2 Å². The van der Waals surface area contributed by atoms with Crippen LogP contribution in [-0.4, -0.2) is 31.2 Å². The van der Waals surface area contributed by atoms with Crippen molar-refractivity contribution in [2.45, 2.75) is 51.5 Å². The molecule has 1 aromatic carbocycles. The highest BCUT2D eigenvalue weighted by atomic mass is 16.5. The minimum Gasteiger partial charge on any atom is -0.450 e. The average molecular weight is 390 g/mol.